The fourth-order valence-electron chi connectivity index (χ4n) is 2.97. The van der Waals surface area contributed by atoms with Crippen molar-refractivity contribution in [3.63, 3.8) is 0 Å². The minimum Gasteiger partial charge on any atom is -0.535 e. The van der Waals surface area contributed by atoms with Gasteiger partial charge in [0.1, 0.15) is 23.6 Å². The molecular formula is C15H21BN2O7. The quantitative estimate of drug-likeness (QED) is 0.302. The Balaban J connectivity index is 1.72. The molecule has 1 saturated heterocycles. The monoisotopic (exact) mass is 352 g/mol. The lowest BCUT2D eigenvalue weighted by Gasteiger charge is -2.40. The van der Waals surface area contributed by atoms with E-state index in [1.54, 1.807) is 12.1 Å². The molecule has 1 atom stereocenters. The number of fused-ring (bicyclic) bond motifs is 1. The predicted octanol–water partition coefficient (Wildman–Crippen LogP) is -2.01. The SMILES string of the molecule is N[C@H](CO)C(=O)N1CC(Oc2ccc3c(c2C(O)O)OB(O)CC3)C1. The van der Waals surface area contributed by atoms with Gasteiger partial charge >= 0.3 is 7.12 Å². The lowest BCUT2D eigenvalue weighted by atomic mass is 9.78. The van der Waals surface area contributed by atoms with Crippen molar-refractivity contribution in [2.75, 3.05) is 19.7 Å². The van der Waals surface area contributed by atoms with Crippen molar-refractivity contribution in [2.45, 2.75) is 31.2 Å². The van der Waals surface area contributed by atoms with Gasteiger partial charge in [0.15, 0.2) is 6.29 Å². The van der Waals surface area contributed by atoms with E-state index in [0.29, 0.717) is 12.7 Å². The maximum absolute atomic E-state index is 11.8. The van der Waals surface area contributed by atoms with E-state index in [1.165, 1.54) is 4.90 Å². The summed E-state index contributed by atoms with van der Waals surface area (Å²) in [6.07, 6.45) is -1.17. The second kappa shape index (κ2) is 7.18. The fraction of sp³-hybridized carbons (Fsp3) is 0.533. The molecule has 10 heteroatoms. The van der Waals surface area contributed by atoms with E-state index in [2.05, 4.69) is 0 Å². The van der Waals surface area contributed by atoms with E-state index in [-0.39, 0.29) is 42.2 Å². The van der Waals surface area contributed by atoms with Gasteiger partial charge in [0, 0.05) is 0 Å². The Labute approximate surface area is 144 Å². The molecule has 2 aliphatic heterocycles. The first-order valence-corrected chi connectivity index (χ1v) is 8.09. The number of aliphatic hydroxyl groups is 3. The zero-order chi connectivity index (χ0) is 18.1. The number of hydrogen-bond donors (Lipinski definition) is 5. The molecule has 0 unspecified atom stereocenters. The third-order valence-corrected chi connectivity index (χ3v) is 4.38. The van der Waals surface area contributed by atoms with Gasteiger partial charge in [-0.3, -0.25) is 4.79 Å². The van der Waals surface area contributed by atoms with E-state index >= 15 is 0 Å². The van der Waals surface area contributed by atoms with Crippen molar-refractivity contribution in [1.82, 2.24) is 4.90 Å². The molecule has 0 radical (unpaired) electrons. The van der Waals surface area contributed by atoms with Crippen LogP contribution in [-0.4, -0.2) is 70.1 Å². The number of nitrogens with zero attached hydrogens (tertiary/aromatic N) is 1. The number of ether oxygens (including phenoxy) is 1. The smallest absolute Gasteiger partial charge is 0.522 e. The number of carbonyl (C=O) groups excluding carboxylic acids is 1. The summed E-state index contributed by atoms with van der Waals surface area (Å²) in [7, 11) is -1.00. The van der Waals surface area contributed by atoms with Crippen LogP contribution < -0.4 is 15.1 Å². The maximum Gasteiger partial charge on any atom is 0.522 e. The number of likely N-dealkylation sites (tertiary alicyclic amines) is 1. The van der Waals surface area contributed by atoms with Crippen molar-refractivity contribution in [1.29, 1.82) is 0 Å². The largest absolute Gasteiger partial charge is 0.535 e. The van der Waals surface area contributed by atoms with Gasteiger partial charge in [-0.2, -0.15) is 0 Å². The second-order valence-electron chi connectivity index (χ2n) is 6.22. The normalized spacial score (nSPS) is 18.5. The van der Waals surface area contributed by atoms with E-state index in [1.807, 2.05) is 0 Å². The van der Waals surface area contributed by atoms with Crippen LogP contribution in [0.3, 0.4) is 0 Å². The Kier molecular flexibility index (Phi) is 5.16. The molecular weight excluding hydrogens is 331 g/mol. The third kappa shape index (κ3) is 3.58. The van der Waals surface area contributed by atoms with Crippen molar-refractivity contribution < 1.29 is 34.5 Å². The highest BCUT2D eigenvalue weighted by molar-refractivity contribution is 6.44. The molecule has 0 bridgehead atoms. The number of benzene rings is 1. The van der Waals surface area contributed by atoms with Gasteiger partial charge < -0.3 is 40.4 Å². The van der Waals surface area contributed by atoms with E-state index in [0.717, 1.165) is 5.56 Å². The molecule has 0 aliphatic carbocycles. The number of nitrogens with two attached hydrogens (primary N) is 1. The molecule has 0 spiro atoms. The van der Waals surface area contributed by atoms with Crippen LogP contribution in [0.2, 0.25) is 6.32 Å². The van der Waals surface area contributed by atoms with Crippen molar-refractivity contribution in [3.8, 4) is 11.5 Å². The first kappa shape index (κ1) is 18.0. The van der Waals surface area contributed by atoms with E-state index in [4.69, 9.17) is 20.2 Å². The molecule has 3 rings (SSSR count). The van der Waals surface area contributed by atoms with Crippen molar-refractivity contribution in [3.05, 3.63) is 23.3 Å². The Hall–Kier alpha value is -1.85. The minimum absolute atomic E-state index is 0.0630. The minimum atomic E-state index is -1.82. The first-order chi connectivity index (χ1) is 11.9. The van der Waals surface area contributed by atoms with Crippen molar-refractivity contribution in [2.24, 2.45) is 5.73 Å². The number of carbonyl (C=O) groups is 1. The lowest BCUT2D eigenvalue weighted by Crippen LogP contribution is -2.60. The van der Waals surface area contributed by atoms with Gasteiger partial charge in [-0.05, 0) is 24.4 Å². The molecule has 25 heavy (non-hydrogen) atoms. The number of aliphatic hydroxyl groups excluding tert-OH is 2. The average Bonchev–Trinajstić information content (AvgIpc) is 2.55. The van der Waals surface area contributed by atoms with Gasteiger partial charge in [0.05, 0.1) is 25.3 Å². The zero-order valence-corrected chi connectivity index (χ0v) is 13.5. The zero-order valence-electron chi connectivity index (χ0n) is 13.5. The molecule has 9 nitrogen and oxygen atoms in total. The summed E-state index contributed by atoms with van der Waals surface area (Å²) >= 11 is 0. The number of amides is 1. The summed E-state index contributed by atoms with van der Waals surface area (Å²) in [6, 6.07) is 2.43. The summed E-state index contributed by atoms with van der Waals surface area (Å²) in [5.74, 6) is 0.0916. The summed E-state index contributed by atoms with van der Waals surface area (Å²) < 4.78 is 11.1. The fourth-order valence-corrected chi connectivity index (χ4v) is 2.97. The highest BCUT2D eigenvalue weighted by Crippen LogP contribution is 2.40. The summed E-state index contributed by atoms with van der Waals surface area (Å²) in [6.45, 7) is 0.147. The lowest BCUT2D eigenvalue weighted by molar-refractivity contribution is -0.142. The van der Waals surface area contributed by atoms with E-state index < -0.39 is 26.1 Å². The van der Waals surface area contributed by atoms with Gasteiger partial charge in [0.25, 0.3) is 0 Å². The molecule has 1 aromatic rings. The van der Waals surface area contributed by atoms with Crippen LogP contribution in [0.15, 0.2) is 12.1 Å². The highest BCUT2D eigenvalue weighted by atomic mass is 16.5. The second-order valence-corrected chi connectivity index (χ2v) is 6.22. The highest BCUT2D eigenvalue weighted by Gasteiger charge is 2.36. The van der Waals surface area contributed by atoms with Crippen LogP contribution in [0.25, 0.3) is 0 Å². The van der Waals surface area contributed by atoms with Crippen LogP contribution in [-0.2, 0) is 11.2 Å². The van der Waals surface area contributed by atoms with Crippen LogP contribution in [0.1, 0.15) is 17.4 Å². The Morgan fingerprint density at radius 2 is 2.16 bits per heavy atom. The Bertz CT molecular complexity index is 651. The predicted molar refractivity (Wildman–Crippen MR) is 86.8 cm³/mol. The molecule has 1 aromatic carbocycles. The molecule has 0 aromatic heterocycles. The Morgan fingerprint density at radius 1 is 1.44 bits per heavy atom. The Morgan fingerprint density at radius 3 is 2.80 bits per heavy atom. The van der Waals surface area contributed by atoms with Crippen LogP contribution >= 0.6 is 0 Å². The van der Waals surface area contributed by atoms with Crippen molar-refractivity contribution >= 4 is 13.0 Å². The van der Waals surface area contributed by atoms with Crippen LogP contribution in [0.5, 0.6) is 11.5 Å². The first-order valence-electron chi connectivity index (χ1n) is 8.09. The average molecular weight is 352 g/mol. The number of hydrogen-bond acceptors (Lipinski definition) is 8. The van der Waals surface area contributed by atoms with Crippen LogP contribution in [0.4, 0.5) is 0 Å². The van der Waals surface area contributed by atoms with Gasteiger partial charge in [-0.15, -0.1) is 0 Å². The molecule has 2 heterocycles. The maximum atomic E-state index is 11.8. The molecule has 1 fully saturated rings. The number of aryl methyl sites for hydroxylation is 1. The molecule has 1 amide bonds. The van der Waals surface area contributed by atoms with Gasteiger partial charge in [0.2, 0.25) is 5.91 Å². The van der Waals surface area contributed by atoms with E-state index in [9.17, 15) is 20.0 Å². The summed E-state index contributed by atoms with van der Waals surface area (Å²) in [5, 5.41) is 38.0. The molecule has 2 aliphatic rings. The van der Waals surface area contributed by atoms with Gasteiger partial charge in [-0.25, -0.2) is 0 Å². The standard InChI is InChI=1S/C15H21BN2O7/c17-10(7-19)14(20)18-5-9(6-18)24-11-2-1-8-3-4-16(23)25-13(8)12(11)15(21)22/h1-2,9-10,15,19,21-23H,3-7,17H2/t10-/m1/s1. The summed E-state index contributed by atoms with van der Waals surface area (Å²) in [4.78, 5) is 13.3. The molecule has 0 saturated carbocycles. The van der Waals surface area contributed by atoms with Crippen LogP contribution in [0, 0.1) is 0 Å². The van der Waals surface area contributed by atoms with Gasteiger partial charge in [-0.1, -0.05) is 6.07 Å². The topological polar surface area (TPSA) is 146 Å². The molecule has 136 valence electrons. The molecule has 6 N–H and O–H groups in total. The number of rotatable bonds is 5. The summed E-state index contributed by atoms with van der Waals surface area (Å²) in [5.41, 5.74) is 6.32. The third-order valence-electron chi connectivity index (χ3n) is 4.38.